The number of hydrogen-bond donors (Lipinski definition) is 1. The Hall–Kier alpha value is -1.60. The van der Waals surface area contributed by atoms with Crippen LogP contribution in [-0.2, 0) is 10.0 Å². The number of hydrogen-bond acceptors (Lipinski definition) is 4. The van der Waals surface area contributed by atoms with Crippen LogP contribution in [0.2, 0.25) is 0 Å². The van der Waals surface area contributed by atoms with E-state index in [0.717, 1.165) is 38.5 Å². The fourth-order valence-corrected chi connectivity index (χ4v) is 6.41. The molecule has 2 atom stereocenters. The molecule has 0 radical (unpaired) electrons. The monoisotopic (exact) mass is 436 g/mol. The number of nitrogens with zero attached hydrogens (tertiary/aromatic N) is 1. The van der Waals surface area contributed by atoms with Crippen LogP contribution in [0.4, 0.5) is 0 Å². The summed E-state index contributed by atoms with van der Waals surface area (Å²) in [6.07, 6.45) is 10.1. The van der Waals surface area contributed by atoms with Gasteiger partial charge in [-0.25, -0.2) is 13.1 Å². The molecule has 2 aliphatic carbocycles. The summed E-state index contributed by atoms with van der Waals surface area (Å²) in [5.74, 6) is 0.942. The van der Waals surface area contributed by atoms with Crippen molar-refractivity contribution in [3.63, 3.8) is 0 Å². The Balaban J connectivity index is 1.79. The van der Waals surface area contributed by atoms with E-state index < -0.39 is 10.0 Å². The molecule has 0 heterocycles. The summed E-state index contributed by atoms with van der Waals surface area (Å²) in [6.45, 7) is 2.80. The highest BCUT2D eigenvalue weighted by Gasteiger charge is 2.29. The van der Waals surface area contributed by atoms with Crippen LogP contribution in [0.1, 0.15) is 75.1 Å². The lowest BCUT2D eigenvalue weighted by Crippen LogP contribution is -2.41. The van der Waals surface area contributed by atoms with Crippen molar-refractivity contribution in [2.24, 2.45) is 11.8 Å². The van der Waals surface area contributed by atoms with Gasteiger partial charge in [-0.2, -0.15) is 0 Å². The molecule has 2 unspecified atom stereocenters. The van der Waals surface area contributed by atoms with Crippen molar-refractivity contribution in [3.05, 3.63) is 23.8 Å². The number of rotatable bonds is 7. The predicted octanol–water partition coefficient (Wildman–Crippen LogP) is 4.20. The maximum Gasteiger partial charge on any atom is 0.253 e. The molecule has 1 N–H and O–H groups in total. The highest BCUT2D eigenvalue weighted by atomic mass is 32.2. The maximum absolute atomic E-state index is 13.2. The van der Waals surface area contributed by atoms with E-state index in [1.165, 1.54) is 32.4 Å². The van der Waals surface area contributed by atoms with Crippen molar-refractivity contribution in [2.45, 2.75) is 75.6 Å². The second kappa shape index (κ2) is 10.1. The number of methoxy groups -OCH3 is 1. The summed E-state index contributed by atoms with van der Waals surface area (Å²) in [7, 11) is -0.535. The molecule has 168 valence electrons. The van der Waals surface area contributed by atoms with Gasteiger partial charge < -0.3 is 9.64 Å². The van der Waals surface area contributed by atoms with Crippen molar-refractivity contribution in [2.75, 3.05) is 20.7 Å². The minimum absolute atomic E-state index is 0.0414. The zero-order chi connectivity index (χ0) is 21.7. The van der Waals surface area contributed by atoms with Crippen LogP contribution in [0.15, 0.2) is 23.1 Å². The van der Waals surface area contributed by atoms with E-state index in [9.17, 15) is 13.2 Å². The van der Waals surface area contributed by atoms with Crippen molar-refractivity contribution < 1.29 is 17.9 Å². The maximum atomic E-state index is 13.2. The van der Waals surface area contributed by atoms with Crippen molar-refractivity contribution in [1.82, 2.24) is 9.62 Å². The van der Waals surface area contributed by atoms with Gasteiger partial charge in [-0.1, -0.05) is 39.0 Å². The van der Waals surface area contributed by atoms with Crippen LogP contribution in [0.25, 0.3) is 0 Å². The zero-order valence-electron chi connectivity index (χ0n) is 18.5. The Labute approximate surface area is 181 Å². The first-order valence-electron chi connectivity index (χ1n) is 11.3. The molecular formula is C23H36N2O4S. The number of carbonyl (C=O) groups is 1. The highest BCUT2D eigenvalue weighted by Crippen LogP contribution is 2.30. The van der Waals surface area contributed by atoms with Gasteiger partial charge in [0.2, 0.25) is 10.0 Å². The number of amides is 1. The van der Waals surface area contributed by atoms with Gasteiger partial charge in [0.25, 0.3) is 5.91 Å². The molecule has 6 nitrogen and oxygen atoms in total. The van der Waals surface area contributed by atoms with Gasteiger partial charge in [-0.15, -0.1) is 0 Å². The third-order valence-corrected chi connectivity index (χ3v) is 8.23. The molecule has 0 aliphatic heterocycles. The lowest BCUT2D eigenvalue weighted by Gasteiger charge is -2.29. The van der Waals surface area contributed by atoms with E-state index in [1.807, 2.05) is 0 Å². The average molecular weight is 437 g/mol. The first-order chi connectivity index (χ1) is 14.3. The van der Waals surface area contributed by atoms with Crippen LogP contribution in [-0.4, -0.2) is 46.0 Å². The van der Waals surface area contributed by atoms with Crippen LogP contribution in [0.3, 0.4) is 0 Å². The molecule has 0 bridgehead atoms. The van der Waals surface area contributed by atoms with Crippen molar-refractivity contribution >= 4 is 15.9 Å². The van der Waals surface area contributed by atoms with Crippen LogP contribution < -0.4 is 9.46 Å². The molecule has 1 aromatic rings. The van der Waals surface area contributed by atoms with E-state index in [0.29, 0.717) is 23.9 Å². The minimum Gasteiger partial charge on any atom is -0.495 e. The quantitative estimate of drug-likeness (QED) is 0.695. The fourth-order valence-electron chi connectivity index (χ4n) is 4.83. The van der Waals surface area contributed by atoms with Crippen molar-refractivity contribution in [1.29, 1.82) is 0 Å². The van der Waals surface area contributed by atoms with Crippen LogP contribution >= 0.6 is 0 Å². The molecule has 0 saturated heterocycles. The Morgan fingerprint density at radius 1 is 1.10 bits per heavy atom. The second-order valence-corrected chi connectivity index (χ2v) is 10.7. The van der Waals surface area contributed by atoms with Crippen LogP contribution in [0.5, 0.6) is 5.75 Å². The van der Waals surface area contributed by atoms with Gasteiger partial charge in [-0.3, -0.25) is 4.79 Å². The molecule has 2 saturated carbocycles. The Morgan fingerprint density at radius 2 is 1.77 bits per heavy atom. The topological polar surface area (TPSA) is 75.7 Å². The lowest BCUT2D eigenvalue weighted by molar-refractivity contribution is 0.0760. The standard InChI is InChI=1S/C23H36N2O4S/c1-17-9-7-8-12-20(17)24-30(27,28)22-15-19(13-14-21(22)29-3)23(26)25(2)16-18-10-5-4-6-11-18/h13-15,17-18,20,24H,4-12,16H2,1-3H3. The van der Waals surface area contributed by atoms with Gasteiger partial charge in [-0.05, 0) is 55.7 Å². The second-order valence-electron chi connectivity index (χ2n) is 9.04. The molecule has 7 heteroatoms. The third-order valence-electron chi connectivity index (χ3n) is 6.72. The third kappa shape index (κ3) is 5.55. The molecular weight excluding hydrogens is 400 g/mol. The largest absolute Gasteiger partial charge is 0.495 e. The number of nitrogens with one attached hydrogen (secondary N) is 1. The van der Waals surface area contributed by atoms with Gasteiger partial charge in [0.15, 0.2) is 0 Å². The Bertz CT molecular complexity index is 834. The van der Waals surface area contributed by atoms with Gasteiger partial charge >= 0.3 is 0 Å². The normalized spacial score (nSPS) is 23.2. The predicted molar refractivity (Wildman–Crippen MR) is 118 cm³/mol. The molecule has 0 aromatic heterocycles. The minimum atomic E-state index is -3.79. The number of sulfonamides is 1. The SMILES string of the molecule is COc1ccc(C(=O)N(C)CC2CCCCC2)cc1S(=O)(=O)NC1CCCCC1C. The lowest BCUT2D eigenvalue weighted by atomic mass is 9.87. The fraction of sp³-hybridized carbons (Fsp3) is 0.696. The van der Waals surface area contributed by atoms with Gasteiger partial charge in [0.1, 0.15) is 10.6 Å². The van der Waals surface area contributed by atoms with E-state index >= 15 is 0 Å². The summed E-state index contributed by atoms with van der Waals surface area (Å²) in [5.41, 5.74) is 0.381. The smallest absolute Gasteiger partial charge is 0.253 e. The Kier molecular flexibility index (Phi) is 7.80. The number of benzene rings is 1. The summed E-state index contributed by atoms with van der Waals surface area (Å²) in [4.78, 5) is 14.8. The van der Waals surface area contributed by atoms with E-state index in [2.05, 4.69) is 11.6 Å². The summed E-state index contributed by atoms with van der Waals surface area (Å²) >= 11 is 0. The summed E-state index contributed by atoms with van der Waals surface area (Å²) in [6, 6.07) is 4.62. The summed E-state index contributed by atoms with van der Waals surface area (Å²) in [5, 5.41) is 0. The molecule has 1 amide bonds. The van der Waals surface area contributed by atoms with Crippen molar-refractivity contribution in [3.8, 4) is 5.75 Å². The van der Waals surface area contributed by atoms with Gasteiger partial charge in [0, 0.05) is 25.2 Å². The van der Waals surface area contributed by atoms with Crippen LogP contribution in [0, 0.1) is 11.8 Å². The molecule has 1 aromatic carbocycles. The first-order valence-corrected chi connectivity index (χ1v) is 12.8. The van der Waals surface area contributed by atoms with E-state index in [-0.39, 0.29) is 22.6 Å². The molecule has 2 aliphatic rings. The number of carbonyl (C=O) groups excluding carboxylic acids is 1. The first kappa shape index (κ1) is 23.1. The average Bonchev–Trinajstić information content (AvgIpc) is 2.75. The molecule has 3 rings (SSSR count). The molecule has 2 fully saturated rings. The highest BCUT2D eigenvalue weighted by molar-refractivity contribution is 7.89. The molecule has 0 spiro atoms. The molecule has 30 heavy (non-hydrogen) atoms. The summed E-state index contributed by atoms with van der Waals surface area (Å²) < 4.78 is 34.5. The number of ether oxygens (including phenoxy) is 1. The van der Waals surface area contributed by atoms with Gasteiger partial charge in [0.05, 0.1) is 7.11 Å². The zero-order valence-corrected chi connectivity index (χ0v) is 19.3. The van der Waals surface area contributed by atoms with E-state index in [1.54, 1.807) is 24.1 Å². The van der Waals surface area contributed by atoms with E-state index in [4.69, 9.17) is 4.74 Å². The Morgan fingerprint density at radius 3 is 2.43 bits per heavy atom.